The Morgan fingerprint density at radius 3 is 2.83 bits per heavy atom. The summed E-state index contributed by atoms with van der Waals surface area (Å²) in [6, 6.07) is 4.62. The van der Waals surface area contributed by atoms with Gasteiger partial charge in [0.15, 0.2) is 11.5 Å². The molecule has 1 atom stereocenters. The molecule has 1 aliphatic heterocycles. The first-order valence-electron chi connectivity index (χ1n) is 7.51. The molecule has 1 aromatic heterocycles. The fourth-order valence-electron chi connectivity index (χ4n) is 2.57. The van der Waals surface area contributed by atoms with Crippen molar-refractivity contribution in [3.05, 3.63) is 29.3 Å². The Balaban J connectivity index is 1.52. The minimum atomic E-state index is -1.00. The van der Waals surface area contributed by atoms with E-state index in [0.717, 1.165) is 18.4 Å². The second-order valence-electron chi connectivity index (χ2n) is 5.73. The number of carbonyl (C=O) groups is 2. The van der Waals surface area contributed by atoms with Crippen molar-refractivity contribution in [3.8, 4) is 22.1 Å². The number of benzene rings is 1. The van der Waals surface area contributed by atoms with Gasteiger partial charge in [0.25, 0.3) is 5.91 Å². The normalized spacial score (nSPS) is 16.7. The van der Waals surface area contributed by atoms with Crippen LogP contribution in [-0.4, -0.2) is 34.8 Å². The molecule has 4 rings (SSSR count). The van der Waals surface area contributed by atoms with Gasteiger partial charge < -0.3 is 19.9 Å². The number of thiazole rings is 1. The molecule has 8 heteroatoms. The number of nitrogens with one attached hydrogen (secondary N) is 1. The molecule has 2 aromatic rings. The summed E-state index contributed by atoms with van der Waals surface area (Å²) in [6.07, 6.45) is 1.66. The van der Waals surface area contributed by atoms with Crippen LogP contribution in [0, 0.1) is 5.92 Å². The Morgan fingerprint density at radius 2 is 2.08 bits per heavy atom. The average Bonchev–Trinajstić information content (AvgIpc) is 3.10. The maximum atomic E-state index is 12.2. The molecule has 2 aliphatic rings. The lowest BCUT2D eigenvalue weighted by molar-refractivity contribution is -0.139. The molecule has 1 fully saturated rings. The van der Waals surface area contributed by atoms with E-state index in [4.69, 9.17) is 9.47 Å². The van der Waals surface area contributed by atoms with Crippen molar-refractivity contribution in [3.63, 3.8) is 0 Å². The maximum absolute atomic E-state index is 12.2. The van der Waals surface area contributed by atoms with E-state index in [2.05, 4.69) is 10.3 Å². The van der Waals surface area contributed by atoms with Gasteiger partial charge in [0.2, 0.25) is 6.79 Å². The lowest BCUT2D eigenvalue weighted by atomic mass is 10.2. The fraction of sp³-hybridized carbons (Fsp3) is 0.312. The third-order valence-corrected chi connectivity index (χ3v) is 4.89. The predicted octanol–water partition coefficient (Wildman–Crippen LogP) is 2.13. The van der Waals surface area contributed by atoms with E-state index in [1.54, 1.807) is 11.4 Å². The molecule has 0 saturated heterocycles. The van der Waals surface area contributed by atoms with Crippen LogP contribution in [-0.2, 0) is 4.79 Å². The molecule has 24 heavy (non-hydrogen) atoms. The zero-order valence-corrected chi connectivity index (χ0v) is 13.3. The minimum absolute atomic E-state index is 0.0263. The Kier molecular flexibility index (Phi) is 3.61. The first-order valence-corrected chi connectivity index (χ1v) is 8.39. The van der Waals surface area contributed by atoms with Crippen LogP contribution in [0.5, 0.6) is 11.5 Å². The van der Waals surface area contributed by atoms with Crippen LogP contribution in [0.4, 0.5) is 0 Å². The van der Waals surface area contributed by atoms with Gasteiger partial charge >= 0.3 is 5.97 Å². The number of carboxylic acid groups (broad SMARTS) is 1. The predicted molar refractivity (Wildman–Crippen MR) is 85.3 cm³/mol. The van der Waals surface area contributed by atoms with Crippen molar-refractivity contribution in [2.75, 3.05) is 6.79 Å². The van der Waals surface area contributed by atoms with E-state index in [1.807, 2.05) is 12.1 Å². The number of aliphatic carboxylic acids is 1. The monoisotopic (exact) mass is 346 g/mol. The highest BCUT2D eigenvalue weighted by molar-refractivity contribution is 7.13. The molecule has 0 spiro atoms. The smallest absolute Gasteiger partial charge is 0.326 e. The summed E-state index contributed by atoms with van der Waals surface area (Å²) in [5.41, 5.74) is 1.04. The van der Waals surface area contributed by atoms with E-state index in [9.17, 15) is 14.7 Å². The van der Waals surface area contributed by atoms with Crippen LogP contribution in [0.2, 0.25) is 0 Å². The average molecular weight is 346 g/mol. The highest BCUT2D eigenvalue weighted by Crippen LogP contribution is 2.37. The first kappa shape index (κ1) is 14.9. The molecule has 1 aliphatic carbocycles. The van der Waals surface area contributed by atoms with Crippen LogP contribution < -0.4 is 14.8 Å². The highest BCUT2D eigenvalue weighted by atomic mass is 32.1. The number of ether oxygens (including phenoxy) is 2. The van der Waals surface area contributed by atoms with Crippen molar-refractivity contribution >= 4 is 23.2 Å². The van der Waals surface area contributed by atoms with Crippen molar-refractivity contribution in [2.24, 2.45) is 5.92 Å². The van der Waals surface area contributed by atoms with Crippen LogP contribution >= 0.6 is 11.3 Å². The molecule has 124 valence electrons. The Bertz CT molecular complexity index is 815. The highest BCUT2D eigenvalue weighted by Gasteiger charge is 2.37. The SMILES string of the molecule is O=C(NC(C(=O)O)C1CC1)c1csc(-c2ccc3c(c2)OCO3)n1. The Morgan fingerprint density at radius 1 is 1.29 bits per heavy atom. The minimum Gasteiger partial charge on any atom is -0.480 e. The quantitative estimate of drug-likeness (QED) is 0.861. The van der Waals surface area contributed by atoms with Gasteiger partial charge in [-0.3, -0.25) is 4.79 Å². The van der Waals surface area contributed by atoms with E-state index < -0.39 is 17.9 Å². The first-order chi connectivity index (χ1) is 11.6. The molecule has 7 nitrogen and oxygen atoms in total. The van der Waals surface area contributed by atoms with Gasteiger partial charge in [-0.1, -0.05) is 0 Å². The third kappa shape index (κ3) is 2.80. The zero-order valence-electron chi connectivity index (χ0n) is 12.5. The molecule has 2 N–H and O–H groups in total. The number of hydrogen-bond acceptors (Lipinski definition) is 6. The summed E-state index contributed by atoms with van der Waals surface area (Å²) < 4.78 is 10.6. The van der Waals surface area contributed by atoms with Crippen molar-refractivity contribution < 1.29 is 24.2 Å². The van der Waals surface area contributed by atoms with Gasteiger partial charge in [-0.05, 0) is 37.0 Å². The van der Waals surface area contributed by atoms with Gasteiger partial charge in [-0.2, -0.15) is 0 Å². The second-order valence-corrected chi connectivity index (χ2v) is 6.59. The summed E-state index contributed by atoms with van der Waals surface area (Å²) in [6.45, 7) is 0.196. The molecule has 2 heterocycles. The van der Waals surface area contributed by atoms with E-state index in [1.165, 1.54) is 11.3 Å². The molecule has 0 radical (unpaired) electrons. The number of carboxylic acids is 1. The van der Waals surface area contributed by atoms with Gasteiger partial charge in [-0.25, -0.2) is 9.78 Å². The van der Waals surface area contributed by atoms with Crippen LogP contribution in [0.3, 0.4) is 0 Å². The second kappa shape index (κ2) is 5.79. The van der Waals surface area contributed by atoms with Crippen molar-refractivity contribution in [1.29, 1.82) is 0 Å². The molecular weight excluding hydrogens is 332 g/mol. The topological polar surface area (TPSA) is 97.8 Å². The largest absolute Gasteiger partial charge is 0.480 e. The van der Waals surface area contributed by atoms with Crippen LogP contribution in [0.15, 0.2) is 23.6 Å². The lowest BCUT2D eigenvalue weighted by Crippen LogP contribution is -2.42. The van der Waals surface area contributed by atoms with E-state index in [-0.39, 0.29) is 18.4 Å². The fourth-order valence-corrected chi connectivity index (χ4v) is 3.36. The van der Waals surface area contributed by atoms with Gasteiger partial charge in [0.05, 0.1) is 0 Å². The van der Waals surface area contributed by atoms with Crippen LogP contribution in [0.1, 0.15) is 23.3 Å². The summed E-state index contributed by atoms with van der Waals surface area (Å²) >= 11 is 1.32. The van der Waals surface area contributed by atoms with Gasteiger partial charge in [0, 0.05) is 10.9 Å². The van der Waals surface area contributed by atoms with Crippen LogP contribution in [0.25, 0.3) is 10.6 Å². The number of fused-ring (bicyclic) bond motifs is 1. The van der Waals surface area contributed by atoms with Gasteiger partial charge in [0.1, 0.15) is 16.7 Å². The number of hydrogen-bond donors (Lipinski definition) is 2. The number of aromatic nitrogens is 1. The molecule has 1 amide bonds. The molecule has 1 aromatic carbocycles. The molecule has 1 unspecified atom stereocenters. The summed E-state index contributed by atoms with van der Waals surface area (Å²) in [4.78, 5) is 27.8. The molecular formula is C16H14N2O5S. The number of carbonyl (C=O) groups excluding carboxylic acids is 1. The third-order valence-electron chi connectivity index (χ3n) is 4.00. The lowest BCUT2D eigenvalue weighted by Gasteiger charge is -2.12. The number of amides is 1. The summed E-state index contributed by atoms with van der Waals surface area (Å²) in [5, 5.41) is 14.0. The number of rotatable bonds is 5. The Hall–Kier alpha value is -2.61. The zero-order chi connectivity index (χ0) is 16.7. The van der Waals surface area contributed by atoms with Gasteiger partial charge in [-0.15, -0.1) is 11.3 Å². The Labute approximate surface area is 141 Å². The molecule has 0 bridgehead atoms. The van der Waals surface area contributed by atoms with Crippen molar-refractivity contribution in [2.45, 2.75) is 18.9 Å². The number of nitrogens with zero attached hydrogens (tertiary/aromatic N) is 1. The van der Waals surface area contributed by atoms with Crippen molar-refractivity contribution in [1.82, 2.24) is 10.3 Å². The standard InChI is InChI=1S/C16H14N2O5S/c19-14(18-13(16(20)21)8-1-2-8)10-6-24-15(17-10)9-3-4-11-12(5-9)23-7-22-11/h3-6,8,13H,1-2,7H2,(H,18,19)(H,20,21). The summed E-state index contributed by atoms with van der Waals surface area (Å²) in [7, 11) is 0. The maximum Gasteiger partial charge on any atom is 0.326 e. The van der Waals surface area contributed by atoms with E-state index >= 15 is 0 Å². The summed E-state index contributed by atoms with van der Waals surface area (Å²) in [5.74, 6) is -0.108. The molecule has 1 saturated carbocycles. The van der Waals surface area contributed by atoms with E-state index in [0.29, 0.717) is 16.5 Å².